The van der Waals surface area contributed by atoms with Gasteiger partial charge >= 0.3 is 0 Å². The molecule has 0 atom stereocenters. The van der Waals surface area contributed by atoms with Gasteiger partial charge in [0, 0.05) is 6.61 Å². The second-order valence-corrected chi connectivity index (χ2v) is 5.02. The molecule has 0 aromatic carbocycles. The Labute approximate surface area is 87.5 Å². The van der Waals surface area contributed by atoms with Crippen molar-refractivity contribution in [1.29, 1.82) is 0 Å². The summed E-state index contributed by atoms with van der Waals surface area (Å²) in [5.74, 6) is 0.930. The molecule has 2 saturated carbocycles. The molecule has 1 heteroatoms. The molecular weight excluding hydrogens is 172 g/mol. The first-order chi connectivity index (χ1) is 6.77. The maximum absolute atomic E-state index is 5.62. The van der Waals surface area contributed by atoms with Crippen LogP contribution in [-0.4, -0.2) is 13.2 Å². The molecule has 0 bridgehead atoms. The standard InChI is InChI=1S/C13H22O/c1-3-14-10-13(8-9-13)12-6-4-11(2)5-7-12/h12H,2-10H2,1H3. The van der Waals surface area contributed by atoms with Crippen molar-refractivity contribution < 1.29 is 4.74 Å². The smallest absolute Gasteiger partial charge is 0.0524 e. The summed E-state index contributed by atoms with van der Waals surface area (Å²) in [6, 6.07) is 0. The fraction of sp³-hybridized carbons (Fsp3) is 0.846. The normalized spacial score (nSPS) is 26.5. The highest BCUT2D eigenvalue weighted by atomic mass is 16.5. The van der Waals surface area contributed by atoms with Gasteiger partial charge in [0.25, 0.3) is 0 Å². The van der Waals surface area contributed by atoms with Gasteiger partial charge < -0.3 is 4.74 Å². The van der Waals surface area contributed by atoms with E-state index in [2.05, 4.69) is 13.5 Å². The van der Waals surface area contributed by atoms with E-state index in [0.717, 1.165) is 19.1 Å². The molecule has 0 aromatic rings. The minimum atomic E-state index is 0.594. The highest BCUT2D eigenvalue weighted by molar-refractivity contribution is 5.06. The van der Waals surface area contributed by atoms with Gasteiger partial charge in [-0.3, -0.25) is 0 Å². The molecule has 2 aliphatic carbocycles. The maximum Gasteiger partial charge on any atom is 0.0524 e. The summed E-state index contributed by atoms with van der Waals surface area (Å²) in [5, 5.41) is 0. The molecule has 0 radical (unpaired) electrons. The van der Waals surface area contributed by atoms with E-state index in [1.807, 2.05) is 0 Å². The van der Waals surface area contributed by atoms with E-state index in [-0.39, 0.29) is 0 Å². The lowest BCUT2D eigenvalue weighted by Gasteiger charge is -2.31. The van der Waals surface area contributed by atoms with Gasteiger partial charge in [-0.05, 0) is 56.8 Å². The Bertz CT molecular complexity index is 205. The van der Waals surface area contributed by atoms with E-state index in [9.17, 15) is 0 Å². The molecule has 0 aromatic heterocycles. The quantitative estimate of drug-likeness (QED) is 0.622. The molecule has 80 valence electrons. The highest BCUT2D eigenvalue weighted by Crippen LogP contribution is 2.56. The minimum Gasteiger partial charge on any atom is -0.381 e. The Morgan fingerprint density at radius 2 is 2.00 bits per heavy atom. The van der Waals surface area contributed by atoms with E-state index >= 15 is 0 Å². The Balaban J connectivity index is 1.85. The Morgan fingerprint density at radius 1 is 1.36 bits per heavy atom. The number of hydrogen-bond acceptors (Lipinski definition) is 1. The average Bonchev–Trinajstić information content (AvgIpc) is 2.97. The van der Waals surface area contributed by atoms with Crippen molar-refractivity contribution in [2.45, 2.75) is 45.4 Å². The van der Waals surface area contributed by atoms with Crippen LogP contribution >= 0.6 is 0 Å². The predicted molar refractivity (Wildman–Crippen MR) is 59.3 cm³/mol. The van der Waals surface area contributed by atoms with E-state index in [1.165, 1.54) is 44.1 Å². The van der Waals surface area contributed by atoms with Gasteiger partial charge in [0.05, 0.1) is 6.61 Å². The molecule has 1 nitrogen and oxygen atoms in total. The van der Waals surface area contributed by atoms with Gasteiger partial charge in [0.1, 0.15) is 0 Å². The van der Waals surface area contributed by atoms with Crippen LogP contribution in [0.3, 0.4) is 0 Å². The van der Waals surface area contributed by atoms with Gasteiger partial charge in [-0.2, -0.15) is 0 Å². The molecule has 0 saturated heterocycles. The lowest BCUT2D eigenvalue weighted by Crippen LogP contribution is -2.24. The molecule has 0 unspecified atom stereocenters. The monoisotopic (exact) mass is 194 g/mol. The average molecular weight is 194 g/mol. The molecule has 0 aliphatic heterocycles. The van der Waals surface area contributed by atoms with Gasteiger partial charge in [-0.15, -0.1) is 0 Å². The third-order valence-corrected chi connectivity index (χ3v) is 4.04. The third kappa shape index (κ3) is 2.03. The van der Waals surface area contributed by atoms with Crippen molar-refractivity contribution in [2.75, 3.05) is 13.2 Å². The maximum atomic E-state index is 5.62. The van der Waals surface area contributed by atoms with Crippen molar-refractivity contribution in [1.82, 2.24) is 0 Å². The lowest BCUT2D eigenvalue weighted by molar-refractivity contribution is 0.0644. The second kappa shape index (κ2) is 4.06. The molecule has 2 aliphatic rings. The van der Waals surface area contributed by atoms with Crippen LogP contribution in [0.15, 0.2) is 12.2 Å². The number of allylic oxidation sites excluding steroid dienone is 1. The van der Waals surface area contributed by atoms with Crippen molar-refractivity contribution in [3.05, 3.63) is 12.2 Å². The van der Waals surface area contributed by atoms with Crippen molar-refractivity contribution >= 4 is 0 Å². The summed E-state index contributed by atoms with van der Waals surface area (Å²) in [7, 11) is 0. The van der Waals surface area contributed by atoms with Crippen LogP contribution < -0.4 is 0 Å². The summed E-state index contributed by atoms with van der Waals surface area (Å²) in [5.41, 5.74) is 2.06. The zero-order valence-corrected chi connectivity index (χ0v) is 9.35. The van der Waals surface area contributed by atoms with E-state index in [0.29, 0.717) is 5.41 Å². The van der Waals surface area contributed by atoms with Gasteiger partial charge in [-0.1, -0.05) is 12.2 Å². The van der Waals surface area contributed by atoms with E-state index < -0.39 is 0 Å². The molecule has 0 N–H and O–H groups in total. The number of hydrogen-bond donors (Lipinski definition) is 0. The van der Waals surface area contributed by atoms with E-state index in [4.69, 9.17) is 4.74 Å². The summed E-state index contributed by atoms with van der Waals surface area (Å²) in [6.45, 7) is 8.07. The number of ether oxygens (including phenoxy) is 1. The molecule has 0 heterocycles. The summed E-state index contributed by atoms with van der Waals surface area (Å²) in [4.78, 5) is 0. The minimum absolute atomic E-state index is 0.594. The van der Waals surface area contributed by atoms with Crippen LogP contribution in [-0.2, 0) is 4.74 Å². The molecule has 0 amide bonds. The fourth-order valence-electron chi connectivity index (χ4n) is 2.77. The third-order valence-electron chi connectivity index (χ3n) is 4.04. The Hall–Kier alpha value is -0.300. The van der Waals surface area contributed by atoms with Crippen LogP contribution in [0.5, 0.6) is 0 Å². The molecule has 14 heavy (non-hydrogen) atoms. The molecule has 0 spiro atoms. The zero-order valence-electron chi connectivity index (χ0n) is 9.35. The van der Waals surface area contributed by atoms with Gasteiger partial charge in [0.2, 0.25) is 0 Å². The topological polar surface area (TPSA) is 9.23 Å². The summed E-state index contributed by atoms with van der Waals surface area (Å²) >= 11 is 0. The van der Waals surface area contributed by atoms with Crippen molar-refractivity contribution in [3.8, 4) is 0 Å². The SMILES string of the molecule is C=C1CCC(C2(COCC)CC2)CC1. The summed E-state index contributed by atoms with van der Waals surface area (Å²) < 4.78 is 5.62. The van der Waals surface area contributed by atoms with Crippen molar-refractivity contribution in [3.63, 3.8) is 0 Å². The largest absolute Gasteiger partial charge is 0.381 e. The fourth-order valence-corrected chi connectivity index (χ4v) is 2.77. The lowest BCUT2D eigenvalue weighted by atomic mass is 9.77. The van der Waals surface area contributed by atoms with Gasteiger partial charge in [0.15, 0.2) is 0 Å². The summed E-state index contributed by atoms with van der Waals surface area (Å²) in [6.07, 6.45) is 8.07. The van der Waals surface area contributed by atoms with E-state index in [1.54, 1.807) is 0 Å². The first-order valence-corrected chi connectivity index (χ1v) is 6.01. The zero-order chi connectivity index (χ0) is 10.0. The molecule has 2 rings (SSSR count). The molecular formula is C13H22O. The Kier molecular flexibility index (Phi) is 2.96. The van der Waals surface area contributed by atoms with Crippen LogP contribution in [0.25, 0.3) is 0 Å². The molecule has 2 fully saturated rings. The van der Waals surface area contributed by atoms with Crippen LogP contribution in [0.4, 0.5) is 0 Å². The van der Waals surface area contributed by atoms with Crippen LogP contribution in [0.1, 0.15) is 45.4 Å². The highest BCUT2D eigenvalue weighted by Gasteiger charge is 2.49. The van der Waals surface area contributed by atoms with Crippen LogP contribution in [0.2, 0.25) is 0 Å². The van der Waals surface area contributed by atoms with Crippen molar-refractivity contribution in [2.24, 2.45) is 11.3 Å². The second-order valence-electron chi connectivity index (χ2n) is 5.02. The first kappa shape index (κ1) is 10.2. The first-order valence-electron chi connectivity index (χ1n) is 6.01. The predicted octanol–water partition coefficient (Wildman–Crippen LogP) is 3.55. The van der Waals surface area contributed by atoms with Crippen LogP contribution in [0, 0.1) is 11.3 Å². The Morgan fingerprint density at radius 3 is 2.50 bits per heavy atom. The van der Waals surface area contributed by atoms with Gasteiger partial charge in [-0.25, -0.2) is 0 Å². The number of rotatable bonds is 4.